The molecule has 1 amide bonds. The second kappa shape index (κ2) is 6.48. The highest BCUT2D eigenvalue weighted by atomic mass is 16.2. The molecule has 5 nitrogen and oxygen atoms in total. The average Bonchev–Trinajstić information content (AvgIpc) is 2.73. The Morgan fingerprint density at radius 2 is 2.14 bits per heavy atom. The van der Waals surface area contributed by atoms with E-state index in [4.69, 9.17) is 0 Å². The summed E-state index contributed by atoms with van der Waals surface area (Å²) in [5.41, 5.74) is 1.92. The molecule has 3 rings (SSSR count). The van der Waals surface area contributed by atoms with Crippen molar-refractivity contribution in [2.24, 2.45) is 0 Å². The molecule has 0 spiro atoms. The lowest BCUT2D eigenvalue weighted by atomic mass is 10.1. The van der Waals surface area contributed by atoms with Crippen molar-refractivity contribution in [3.63, 3.8) is 0 Å². The van der Waals surface area contributed by atoms with E-state index in [0.29, 0.717) is 12.5 Å². The van der Waals surface area contributed by atoms with Crippen molar-refractivity contribution in [2.75, 3.05) is 27.2 Å². The van der Waals surface area contributed by atoms with Gasteiger partial charge in [0.2, 0.25) is 5.91 Å². The highest BCUT2D eigenvalue weighted by Crippen LogP contribution is 2.16. The molecule has 5 heteroatoms. The van der Waals surface area contributed by atoms with Crippen LogP contribution < -0.4 is 0 Å². The van der Waals surface area contributed by atoms with Crippen LogP contribution in [0.5, 0.6) is 0 Å². The molecule has 2 aromatic rings. The first kappa shape index (κ1) is 15.0. The molecule has 0 unspecified atom stereocenters. The maximum Gasteiger partial charge on any atom is 0.230 e. The topological polar surface area (TPSA) is 52.2 Å². The van der Waals surface area contributed by atoms with Gasteiger partial charge in [0.15, 0.2) is 0 Å². The number of H-pyrrole nitrogens is 1. The Balaban J connectivity index is 1.64. The number of aromatic amines is 1. The summed E-state index contributed by atoms with van der Waals surface area (Å²) in [5, 5.41) is 0. The largest absolute Gasteiger partial charge is 0.342 e. The fourth-order valence-electron chi connectivity index (χ4n) is 3.19. The third-order valence-electron chi connectivity index (χ3n) is 4.54. The number of hydrogen-bond acceptors (Lipinski definition) is 3. The molecule has 118 valence electrons. The molecule has 2 heterocycles. The van der Waals surface area contributed by atoms with Crippen molar-refractivity contribution in [1.82, 2.24) is 19.8 Å². The summed E-state index contributed by atoms with van der Waals surface area (Å²) in [4.78, 5) is 24.5. The van der Waals surface area contributed by atoms with E-state index in [1.165, 1.54) is 6.42 Å². The fraction of sp³-hybridized carbons (Fsp3) is 0.529. The van der Waals surface area contributed by atoms with Gasteiger partial charge in [-0.25, -0.2) is 4.98 Å². The Labute approximate surface area is 131 Å². The number of amides is 1. The third kappa shape index (κ3) is 3.30. The summed E-state index contributed by atoms with van der Waals surface area (Å²) >= 11 is 0. The summed E-state index contributed by atoms with van der Waals surface area (Å²) in [6.07, 6.45) is 3.66. The fourth-order valence-corrected chi connectivity index (χ4v) is 3.19. The van der Waals surface area contributed by atoms with Gasteiger partial charge in [-0.2, -0.15) is 0 Å². The van der Waals surface area contributed by atoms with E-state index in [9.17, 15) is 4.79 Å². The molecule has 0 radical (unpaired) electrons. The number of nitrogens with zero attached hydrogens (tertiary/aromatic N) is 3. The van der Waals surface area contributed by atoms with Crippen molar-refractivity contribution in [2.45, 2.75) is 31.7 Å². The molecule has 1 aliphatic heterocycles. The lowest BCUT2D eigenvalue weighted by Gasteiger charge is -2.23. The van der Waals surface area contributed by atoms with Gasteiger partial charge >= 0.3 is 0 Å². The zero-order valence-electron chi connectivity index (χ0n) is 13.4. The van der Waals surface area contributed by atoms with E-state index in [1.807, 2.05) is 29.2 Å². The van der Waals surface area contributed by atoms with Crippen molar-refractivity contribution < 1.29 is 4.79 Å². The van der Waals surface area contributed by atoms with Gasteiger partial charge in [-0.3, -0.25) is 4.79 Å². The van der Waals surface area contributed by atoms with Gasteiger partial charge in [-0.05, 0) is 45.5 Å². The highest BCUT2D eigenvalue weighted by molar-refractivity contribution is 5.80. The minimum Gasteiger partial charge on any atom is -0.342 e. The normalized spacial score (nSPS) is 19.6. The van der Waals surface area contributed by atoms with E-state index in [-0.39, 0.29) is 5.91 Å². The summed E-state index contributed by atoms with van der Waals surface area (Å²) in [6, 6.07) is 8.48. The number of nitrogens with one attached hydrogen (secondary N) is 1. The van der Waals surface area contributed by atoms with Crippen LogP contribution in [0.4, 0.5) is 0 Å². The van der Waals surface area contributed by atoms with Crippen molar-refractivity contribution in [3.05, 3.63) is 30.1 Å². The Hall–Kier alpha value is -1.88. The number of carbonyl (C=O) groups excluding carboxylic acids is 1. The summed E-state index contributed by atoms with van der Waals surface area (Å²) in [7, 11) is 4.24. The van der Waals surface area contributed by atoms with Crippen LogP contribution in [-0.2, 0) is 11.2 Å². The van der Waals surface area contributed by atoms with Gasteiger partial charge in [-0.15, -0.1) is 0 Å². The first-order chi connectivity index (χ1) is 10.6. The van der Waals surface area contributed by atoms with Crippen molar-refractivity contribution >= 4 is 16.9 Å². The number of hydrogen-bond donors (Lipinski definition) is 1. The molecule has 1 fully saturated rings. The van der Waals surface area contributed by atoms with Gasteiger partial charge < -0.3 is 14.8 Å². The predicted molar refractivity (Wildman–Crippen MR) is 87.7 cm³/mol. The molecule has 1 atom stereocenters. The second-order valence-corrected chi connectivity index (χ2v) is 6.31. The van der Waals surface area contributed by atoms with Crippen LogP contribution in [0.25, 0.3) is 11.0 Å². The van der Waals surface area contributed by atoms with Crippen LogP contribution in [0.15, 0.2) is 24.3 Å². The summed E-state index contributed by atoms with van der Waals surface area (Å²) in [6.45, 7) is 1.71. The van der Waals surface area contributed by atoms with E-state index in [2.05, 4.69) is 29.0 Å². The molecule has 1 aliphatic rings. The van der Waals surface area contributed by atoms with Crippen molar-refractivity contribution in [3.8, 4) is 0 Å². The zero-order valence-corrected chi connectivity index (χ0v) is 13.4. The molecule has 1 N–H and O–H groups in total. The Morgan fingerprint density at radius 3 is 2.91 bits per heavy atom. The van der Waals surface area contributed by atoms with Crippen LogP contribution in [0.1, 0.15) is 25.1 Å². The second-order valence-electron chi connectivity index (χ2n) is 6.31. The van der Waals surface area contributed by atoms with Crippen LogP contribution in [0.2, 0.25) is 0 Å². The molecular weight excluding hydrogens is 276 g/mol. The lowest BCUT2D eigenvalue weighted by Crippen LogP contribution is -2.34. The molecule has 0 aliphatic carbocycles. The maximum absolute atomic E-state index is 12.5. The standard InChI is InChI=1S/C17H24N4O/c1-20(2)13-6-5-10-21(11-9-13)17(22)12-16-18-14-7-3-4-8-15(14)19-16/h3-4,7-8,13H,5-6,9-12H2,1-2H3,(H,18,19)/t13-/m0/s1. The smallest absolute Gasteiger partial charge is 0.230 e. The van der Waals surface area contributed by atoms with Crippen LogP contribution in [0.3, 0.4) is 0 Å². The Bertz CT molecular complexity index is 616. The monoisotopic (exact) mass is 300 g/mol. The van der Waals surface area contributed by atoms with Gasteiger partial charge in [0.25, 0.3) is 0 Å². The number of fused-ring (bicyclic) bond motifs is 1. The molecule has 22 heavy (non-hydrogen) atoms. The summed E-state index contributed by atoms with van der Waals surface area (Å²) in [5.74, 6) is 0.943. The van der Waals surface area contributed by atoms with Gasteiger partial charge in [0.05, 0.1) is 17.5 Å². The molecular formula is C17H24N4O. The van der Waals surface area contributed by atoms with E-state index >= 15 is 0 Å². The Kier molecular flexibility index (Phi) is 4.43. The number of imidazole rings is 1. The quantitative estimate of drug-likeness (QED) is 0.944. The molecule has 0 saturated carbocycles. The van der Waals surface area contributed by atoms with Crippen LogP contribution in [0, 0.1) is 0 Å². The molecule has 1 saturated heterocycles. The number of carbonyl (C=O) groups is 1. The first-order valence-corrected chi connectivity index (χ1v) is 8.01. The number of benzene rings is 1. The highest BCUT2D eigenvalue weighted by Gasteiger charge is 2.22. The van der Waals surface area contributed by atoms with Crippen LogP contribution >= 0.6 is 0 Å². The van der Waals surface area contributed by atoms with Crippen molar-refractivity contribution in [1.29, 1.82) is 0 Å². The lowest BCUT2D eigenvalue weighted by molar-refractivity contribution is -0.130. The van der Waals surface area contributed by atoms with Gasteiger partial charge in [0, 0.05) is 19.1 Å². The number of rotatable bonds is 3. The predicted octanol–water partition coefficient (Wildman–Crippen LogP) is 2.05. The Morgan fingerprint density at radius 1 is 1.32 bits per heavy atom. The molecule has 1 aromatic carbocycles. The zero-order chi connectivity index (χ0) is 15.5. The van der Waals surface area contributed by atoms with Gasteiger partial charge in [-0.1, -0.05) is 12.1 Å². The van der Waals surface area contributed by atoms with E-state index in [1.54, 1.807) is 0 Å². The van der Waals surface area contributed by atoms with E-state index in [0.717, 1.165) is 42.8 Å². The number of para-hydroxylation sites is 2. The van der Waals surface area contributed by atoms with E-state index < -0.39 is 0 Å². The molecule has 1 aromatic heterocycles. The van der Waals surface area contributed by atoms with Crippen LogP contribution in [-0.4, -0.2) is 58.9 Å². The molecule has 0 bridgehead atoms. The minimum atomic E-state index is 0.179. The first-order valence-electron chi connectivity index (χ1n) is 8.01. The van der Waals surface area contributed by atoms with Gasteiger partial charge in [0.1, 0.15) is 5.82 Å². The maximum atomic E-state index is 12.5. The minimum absolute atomic E-state index is 0.179. The number of likely N-dealkylation sites (tertiary alicyclic amines) is 1. The third-order valence-corrected chi connectivity index (χ3v) is 4.54. The summed E-state index contributed by atoms with van der Waals surface area (Å²) < 4.78 is 0. The number of aromatic nitrogens is 2. The average molecular weight is 300 g/mol. The SMILES string of the molecule is CN(C)[C@H]1CCCN(C(=O)Cc2nc3ccccc3[nH]2)CC1.